The van der Waals surface area contributed by atoms with Crippen molar-refractivity contribution in [2.24, 2.45) is 5.73 Å². The van der Waals surface area contributed by atoms with Gasteiger partial charge in [0.25, 0.3) is 0 Å². The Kier molecular flexibility index (Phi) is 11.0. The summed E-state index contributed by atoms with van der Waals surface area (Å²) in [5.74, 6) is -2.37. The lowest BCUT2D eigenvalue weighted by atomic mass is 10.0. The van der Waals surface area contributed by atoms with Gasteiger partial charge in [0.2, 0.25) is 5.91 Å². The minimum atomic E-state index is -1.02. The van der Waals surface area contributed by atoms with Gasteiger partial charge in [-0.15, -0.1) is 0 Å². The van der Waals surface area contributed by atoms with Crippen molar-refractivity contribution in [3.05, 3.63) is 35.9 Å². The zero-order valence-electron chi connectivity index (χ0n) is 17.1. The quantitative estimate of drug-likeness (QED) is 0.353. The number of likely N-dealkylation sites (tertiary alicyclic amines) is 1. The molecule has 0 aromatic heterocycles. The highest BCUT2D eigenvalue weighted by Gasteiger charge is 2.38. The molecule has 168 valence electrons. The summed E-state index contributed by atoms with van der Waals surface area (Å²) >= 11 is 0. The van der Waals surface area contributed by atoms with Crippen LogP contribution in [-0.2, 0) is 20.8 Å². The molecule has 1 aromatic rings. The third kappa shape index (κ3) is 7.40. The standard InChI is InChI=1S/C21H31N3O5.H2O/c22-13-5-4-9-16(19(25)24-14-6-10-18(24)21(28)29)23-17(20(26)27)12-11-15-7-2-1-3-8-15;/h1-3,7-8,16-18,23H,4-6,9-14,22H2,(H,26,27)(H,28,29);1H2/t16-,17-,18-;/m0./s1. The maximum Gasteiger partial charge on any atom is 0.326 e. The van der Waals surface area contributed by atoms with Gasteiger partial charge in [0, 0.05) is 6.54 Å². The molecule has 0 radical (unpaired) electrons. The molecule has 1 aromatic carbocycles. The number of unbranched alkanes of at least 4 members (excludes halogenated alkanes) is 1. The molecule has 0 spiro atoms. The Hall–Kier alpha value is -2.49. The zero-order chi connectivity index (χ0) is 21.2. The van der Waals surface area contributed by atoms with E-state index in [4.69, 9.17) is 5.73 Å². The van der Waals surface area contributed by atoms with E-state index in [0.717, 1.165) is 12.0 Å². The number of aliphatic carboxylic acids is 2. The number of nitrogens with zero attached hydrogens (tertiary/aromatic N) is 1. The fourth-order valence-electron chi connectivity index (χ4n) is 3.73. The number of carbonyl (C=O) groups is 3. The van der Waals surface area contributed by atoms with Gasteiger partial charge < -0.3 is 26.3 Å². The Bertz CT molecular complexity index is 685. The van der Waals surface area contributed by atoms with Gasteiger partial charge in [-0.2, -0.15) is 0 Å². The minimum Gasteiger partial charge on any atom is -0.480 e. The van der Waals surface area contributed by atoms with Crippen LogP contribution >= 0.6 is 0 Å². The van der Waals surface area contributed by atoms with Crippen molar-refractivity contribution >= 4 is 17.8 Å². The summed E-state index contributed by atoms with van der Waals surface area (Å²) in [5, 5.41) is 22.0. The Morgan fingerprint density at radius 3 is 2.40 bits per heavy atom. The number of nitrogens with one attached hydrogen (secondary N) is 1. The average molecular weight is 424 g/mol. The van der Waals surface area contributed by atoms with Gasteiger partial charge in [-0.05, 0) is 50.6 Å². The molecule has 7 N–H and O–H groups in total. The van der Waals surface area contributed by atoms with Crippen LogP contribution in [0.5, 0.6) is 0 Å². The van der Waals surface area contributed by atoms with Crippen molar-refractivity contribution in [3.63, 3.8) is 0 Å². The number of benzene rings is 1. The van der Waals surface area contributed by atoms with E-state index in [2.05, 4.69) is 5.32 Å². The number of nitrogens with two attached hydrogens (primary N) is 1. The van der Waals surface area contributed by atoms with Crippen LogP contribution in [-0.4, -0.2) is 69.6 Å². The van der Waals surface area contributed by atoms with Crippen LogP contribution in [0.15, 0.2) is 30.3 Å². The van der Waals surface area contributed by atoms with Crippen LogP contribution < -0.4 is 11.1 Å². The van der Waals surface area contributed by atoms with Crippen molar-refractivity contribution in [2.75, 3.05) is 13.1 Å². The number of hydrogen-bond donors (Lipinski definition) is 4. The highest BCUT2D eigenvalue weighted by Crippen LogP contribution is 2.20. The van der Waals surface area contributed by atoms with Gasteiger partial charge in [0.15, 0.2) is 0 Å². The Balaban J connectivity index is 0.00000450. The predicted molar refractivity (Wildman–Crippen MR) is 112 cm³/mol. The number of carboxylic acid groups (broad SMARTS) is 2. The summed E-state index contributed by atoms with van der Waals surface area (Å²) in [6.45, 7) is 0.866. The Morgan fingerprint density at radius 1 is 1.10 bits per heavy atom. The van der Waals surface area contributed by atoms with Crippen LogP contribution in [0.1, 0.15) is 44.1 Å². The maximum atomic E-state index is 13.1. The van der Waals surface area contributed by atoms with E-state index in [1.807, 2.05) is 30.3 Å². The molecule has 3 atom stereocenters. The van der Waals surface area contributed by atoms with Gasteiger partial charge in [0.05, 0.1) is 6.04 Å². The van der Waals surface area contributed by atoms with Crippen LogP contribution in [0.2, 0.25) is 0 Å². The van der Waals surface area contributed by atoms with E-state index >= 15 is 0 Å². The SMILES string of the molecule is NCCCC[C@H](N[C@@H](CCc1ccccc1)C(=O)O)C(=O)N1CCC[C@H]1C(=O)O.O. The van der Waals surface area contributed by atoms with Crippen molar-refractivity contribution in [1.82, 2.24) is 10.2 Å². The molecular formula is C21H33N3O6. The summed E-state index contributed by atoms with van der Waals surface area (Å²) in [7, 11) is 0. The lowest BCUT2D eigenvalue weighted by molar-refractivity contribution is -0.149. The molecule has 1 amide bonds. The van der Waals surface area contributed by atoms with Crippen molar-refractivity contribution in [3.8, 4) is 0 Å². The van der Waals surface area contributed by atoms with E-state index in [1.165, 1.54) is 4.90 Å². The number of amides is 1. The topological polar surface area (TPSA) is 164 Å². The van der Waals surface area contributed by atoms with E-state index in [1.54, 1.807) is 0 Å². The van der Waals surface area contributed by atoms with Crippen LogP contribution in [0, 0.1) is 0 Å². The Labute approximate surface area is 176 Å². The van der Waals surface area contributed by atoms with E-state index in [-0.39, 0.29) is 11.4 Å². The second-order valence-electron chi connectivity index (χ2n) is 7.45. The van der Waals surface area contributed by atoms with Gasteiger partial charge >= 0.3 is 11.9 Å². The van der Waals surface area contributed by atoms with Crippen LogP contribution in [0.4, 0.5) is 0 Å². The van der Waals surface area contributed by atoms with Gasteiger partial charge in [-0.1, -0.05) is 36.8 Å². The number of carbonyl (C=O) groups excluding carboxylic acids is 1. The molecule has 1 saturated heterocycles. The molecule has 0 unspecified atom stereocenters. The molecule has 1 aliphatic rings. The van der Waals surface area contributed by atoms with Gasteiger partial charge in [-0.3, -0.25) is 14.9 Å². The first-order valence-corrected chi connectivity index (χ1v) is 10.2. The molecule has 1 fully saturated rings. The van der Waals surface area contributed by atoms with Crippen molar-refractivity contribution in [1.29, 1.82) is 0 Å². The fraction of sp³-hybridized carbons (Fsp3) is 0.571. The maximum absolute atomic E-state index is 13.1. The molecule has 2 rings (SSSR count). The highest BCUT2D eigenvalue weighted by atomic mass is 16.4. The third-order valence-electron chi connectivity index (χ3n) is 5.33. The predicted octanol–water partition coefficient (Wildman–Crippen LogP) is 0.411. The van der Waals surface area contributed by atoms with Gasteiger partial charge in [-0.25, -0.2) is 4.79 Å². The highest BCUT2D eigenvalue weighted by molar-refractivity contribution is 5.88. The summed E-state index contributed by atoms with van der Waals surface area (Å²) in [4.78, 5) is 37.7. The first kappa shape index (κ1) is 25.5. The molecule has 30 heavy (non-hydrogen) atoms. The monoisotopic (exact) mass is 423 g/mol. The summed E-state index contributed by atoms with van der Waals surface area (Å²) < 4.78 is 0. The molecule has 0 bridgehead atoms. The van der Waals surface area contributed by atoms with E-state index < -0.39 is 30.1 Å². The summed E-state index contributed by atoms with van der Waals surface area (Å²) in [6.07, 6.45) is 3.76. The second-order valence-corrected chi connectivity index (χ2v) is 7.45. The largest absolute Gasteiger partial charge is 0.480 e. The first-order chi connectivity index (χ1) is 13.9. The number of aryl methyl sites for hydroxylation is 1. The normalized spacial score (nSPS) is 17.8. The smallest absolute Gasteiger partial charge is 0.326 e. The third-order valence-corrected chi connectivity index (χ3v) is 5.33. The zero-order valence-corrected chi connectivity index (χ0v) is 17.1. The lowest BCUT2D eigenvalue weighted by Gasteiger charge is -2.29. The number of hydrogen-bond acceptors (Lipinski definition) is 5. The van der Waals surface area contributed by atoms with Gasteiger partial charge in [0.1, 0.15) is 12.1 Å². The van der Waals surface area contributed by atoms with Crippen LogP contribution in [0.3, 0.4) is 0 Å². The molecule has 0 aliphatic carbocycles. The molecule has 0 saturated carbocycles. The van der Waals surface area contributed by atoms with E-state index in [9.17, 15) is 24.6 Å². The number of carboxylic acids is 2. The summed E-state index contributed by atoms with van der Waals surface area (Å²) in [6, 6.07) is 7.10. The molecule has 9 nitrogen and oxygen atoms in total. The minimum absolute atomic E-state index is 0. The molecule has 1 aliphatic heterocycles. The first-order valence-electron chi connectivity index (χ1n) is 10.2. The molecule has 9 heteroatoms. The van der Waals surface area contributed by atoms with Crippen LogP contribution in [0.25, 0.3) is 0 Å². The second kappa shape index (κ2) is 12.9. The van der Waals surface area contributed by atoms with E-state index in [0.29, 0.717) is 51.6 Å². The Morgan fingerprint density at radius 2 is 1.80 bits per heavy atom. The van der Waals surface area contributed by atoms with Crippen molar-refractivity contribution < 1.29 is 30.1 Å². The lowest BCUT2D eigenvalue weighted by Crippen LogP contribution is -2.54. The molecule has 1 heterocycles. The fourth-order valence-corrected chi connectivity index (χ4v) is 3.73. The average Bonchev–Trinajstić information content (AvgIpc) is 3.20. The molecular weight excluding hydrogens is 390 g/mol. The number of rotatable bonds is 12. The van der Waals surface area contributed by atoms with Crippen molar-refractivity contribution in [2.45, 2.75) is 63.1 Å². The summed E-state index contributed by atoms with van der Waals surface area (Å²) in [5.41, 5.74) is 6.57.